The maximum absolute atomic E-state index is 11.2. The molecule has 1 aromatic rings. The SMILES string of the molecule is O=C1CC=CN1Nc1ccccc1. The van der Waals surface area contributed by atoms with Gasteiger partial charge in [0.1, 0.15) is 0 Å². The molecular formula is C10H10N2O. The predicted molar refractivity (Wildman–Crippen MR) is 50.7 cm³/mol. The lowest BCUT2D eigenvalue weighted by atomic mass is 10.3. The molecule has 1 aliphatic heterocycles. The predicted octanol–water partition coefficient (Wildman–Crippen LogP) is 1.76. The first-order valence-electron chi connectivity index (χ1n) is 4.17. The summed E-state index contributed by atoms with van der Waals surface area (Å²) in [5.41, 5.74) is 3.91. The minimum absolute atomic E-state index is 0.0730. The van der Waals surface area contributed by atoms with Gasteiger partial charge in [0.15, 0.2) is 0 Å². The Hall–Kier alpha value is -1.77. The quantitative estimate of drug-likeness (QED) is 0.740. The van der Waals surface area contributed by atoms with E-state index in [1.165, 1.54) is 5.01 Å². The topological polar surface area (TPSA) is 32.3 Å². The van der Waals surface area contributed by atoms with Crippen LogP contribution in [-0.4, -0.2) is 10.9 Å². The van der Waals surface area contributed by atoms with E-state index in [-0.39, 0.29) is 5.91 Å². The molecule has 0 aromatic heterocycles. The number of carbonyl (C=O) groups excluding carboxylic acids is 1. The van der Waals surface area contributed by atoms with Crippen molar-refractivity contribution in [1.82, 2.24) is 5.01 Å². The third-order valence-electron chi connectivity index (χ3n) is 1.84. The standard InChI is InChI=1S/C10H10N2O/c13-10-7-4-8-12(10)11-9-5-2-1-3-6-9/h1-6,8,11H,7H2. The third kappa shape index (κ3) is 1.69. The molecule has 1 N–H and O–H groups in total. The summed E-state index contributed by atoms with van der Waals surface area (Å²) in [6.07, 6.45) is 4.06. The fraction of sp³-hybridized carbons (Fsp3) is 0.100. The Morgan fingerprint density at radius 1 is 1.23 bits per heavy atom. The summed E-state index contributed by atoms with van der Waals surface area (Å²) in [5, 5.41) is 1.50. The van der Waals surface area contributed by atoms with Crippen LogP contribution < -0.4 is 5.43 Å². The number of amides is 1. The van der Waals surface area contributed by atoms with Gasteiger partial charge in [-0.1, -0.05) is 24.3 Å². The molecule has 0 aliphatic carbocycles. The van der Waals surface area contributed by atoms with Crippen LogP contribution in [0.4, 0.5) is 5.69 Å². The highest BCUT2D eigenvalue weighted by molar-refractivity contribution is 5.82. The van der Waals surface area contributed by atoms with Crippen molar-refractivity contribution in [3.8, 4) is 0 Å². The number of benzene rings is 1. The van der Waals surface area contributed by atoms with Crippen molar-refractivity contribution < 1.29 is 4.79 Å². The van der Waals surface area contributed by atoms with Gasteiger partial charge in [-0.2, -0.15) is 0 Å². The molecule has 0 saturated heterocycles. The number of rotatable bonds is 2. The first kappa shape index (κ1) is 7.86. The molecule has 0 unspecified atom stereocenters. The second-order valence-corrected chi connectivity index (χ2v) is 2.83. The first-order chi connectivity index (χ1) is 6.36. The summed E-state index contributed by atoms with van der Waals surface area (Å²) in [6, 6.07) is 9.62. The first-order valence-corrected chi connectivity index (χ1v) is 4.17. The molecule has 0 atom stereocenters. The monoisotopic (exact) mass is 174 g/mol. The normalized spacial score (nSPS) is 15.1. The highest BCUT2D eigenvalue weighted by Crippen LogP contribution is 2.11. The lowest BCUT2D eigenvalue weighted by Crippen LogP contribution is -2.27. The Balaban J connectivity index is 2.06. The van der Waals surface area contributed by atoms with E-state index in [9.17, 15) is 4.79 Å². The van der Waals surface area contributed by atoms with Crippen LogP contribution >= 0.6 is 0 Å². The van der Waals surface area contributed by atoms with E-state index >= 15 is 0 Å². The van der Waals surface area contributed by atoms with Crippen LogP contribution in [-0.2, 0) is 4.79 Å². The molecule has 0 saturated carbocycles. The largest absolute Gasteiger partial charge is 0.292 e. The highest BCUT2D eigenvalue weighted by Gasteiger charge is 2.13. The van der Waals surface area contributed by atoms with Gasteiger partial charge in [-0.15, -0.1) is 0 Å². The average molecular weight is 174 g/mol. The van der Waals surface area contributed by atoms with Crippen LogP contribution in [0.15, 0.2) is 42.6 Å². The van der Waals surface area contributed by atoms with Gasteiger partial charge < -0.3 is 0 Å². The number of hydrogen-bond acceptors (Lipinski definition) is 2. The third-order valence-corrected chi connectivity index (χ3v) is 1.84. The summed E-state index contributed by atoms with van der Waals surface area (Å²) < 4.78 is 0. The average Bonchev–Trinajstić information content (AvgIpc) is 2.54. The Morgan fingerprint density at radius 2 is 2.00 bits per heavy atom. The van der Waals surface area contributed by atoms with E-state index in [4.69, 9.17) is 0 Å². The molecule has 0 fully saturated rings. The summed E-state index contributed by atoms with van der Waals surface area (Å²) in [5.74, 6) is 0.0730. The van der Waals surface area contributed by atoms with Crippen LogP contribution in [0.2, 0.25) is 0 Å². The van der Waals surface area contributed by atoms with Crippen LogP contribution in [0.1, 0.15) is 6.42 Å². The van der Waals surface area contributed by atoms with Gasteiger partial charge in [0.25, 0.3) is 0 Å². The van der Waals surface area contributed by atoms with E-state index in [0.29, 0.717) is 6.42 Å². The molecule has 0 spiro atoms. The smallest absolute Gasteiger partial charge is 0.248 e. The van der Waals surface area contributed by atoms with E-state index in [2.05, 4.69) is 5.43 Å². The summed E-state index contributed by atoms with van der Waals surface area (Å²) in [6.45, 7) is 0. The number of nitrogens with one attached hydrogen (secondary N) is 1. The maximum Gasteiger partial charge on any atom is 0.248 e. The zero-order chi connectivity index (χ0) is 9.10. The molecule has 13 heavy (non-hydrogen) atoms. The summed E-state index contributed by atoms with van der Waals surface area (Å²) in [7, 11) is 0. The second-order valence-electron chi connectivity index (χ2n) is 2.83. The van der Waals surface area contributed by atoms with Gasteiger partial charge in [0, 0.05) is 12.6 Å². The second kappa shape index (κ2) is 3.31. The lowest BCUT2D eigenvalue weighted by Gasteiger charge is -2.15. The Labute approximate surface area is 76.6 Å². The number of anilines is 1. The Morgan fingerprint density at radius 3 is 2.62 bits per heavy atom. The van der Waals surface area contributed by atoms with Crippen molar-refractivity contribution in [3.05, 3.63) is 42.6 Å². The fourth-order valence-corrected chi connectivity index (χ4v) is 1.19. The molecule has 3 heteroatoms. The molecule has 2 rings (SSSR count). The summed E-state index contributed by atoms with van der Waals surface area (Å²) in [4.78, 5) is 11.2. The van der Waals surface area contributed by atoms with Crippen LogP contribution in [0.25, 0.3) is 0 Å². The molecule has 1 aliphatic rings. The zero-order valence-corrected chi connectivity index (χ0v) is 7.10. The molecule has 1 aromatic carbocycles. The maximum atomic E-state index is 11.2. The molecule has 1 heterocycles. The van der Waals surface area contributed by atoms with Crippen molar-refractivity contribution >= 4 is 11.6 Å². The van der Waals surface area contributed by atoms with Gasteiger partial charge in [0.2, 0.25) is 5.91 Å². The van der Waals surface area contributed by atoms with Crippen LogP contribution in [0.3, 0.4) is 0 Å². The Bertz CT molecular complexity index is 332. The van der Waals surface area contributed by atoms with E-state index in [0.717, 1.165) is 5.69 Å². The molecule has 66 valence electrons. The molecule has 0 bridgehead atoms. The minimum Gasteiger partial charge on any atom is -0.292 e. The molecule has 1 amide bonds. The van der Waals surface area contributed by atoms with Gasteiger partial charge in [-0.3, -0.25) is 10.2 Å². The fourth-order valence-electron chi connectivity index (χ4n) is 1.19. The number of carbonyl (C=O) groups is 1. The van der Waals surface area contributed by atoms with Gasteiger partial charge in [0.05, 0.1) is 5.69 Å². The van der Waals surface area contributed by atoms with Crippen molar-refractivity contribution in [2.45, 2.75) is 6.42 Å². The van der Waals surface area contributed by atoms with Crippen molar-refractivity contribution in [2.24, 2.45) is 0 Å². The van der Waals surface area contributed by atoms with Gasteiger partial charge >= 0.3 is 0 Å². The molecule has 3 nitrogen and oxygen atoms in total. The number of hydrogen-bond donors (Lipinski definition) is 1. The van der Waals surface area contributed by atoms with E-state index in [1.54, 1.807) is 6.20 Å². The van der Waals surface area contributed by atoms with Crippen molar-refractivity contribution in [3.63, 3.8) is 0 Å². The molecule has 0 radical (unpaired) electrons. The lowest BCUT2D eigenvalue weighted by molar-refractivity contribution is -0.125. The van der Waals surface area contributed by atoms with Gasteiger partial charge in [-0.05, 0) is 12.1 Å². The minimum atomic E-state index is 0.0730. The zero-order valence-electron chi connectivity index (χ0n) is 7.10. The number of hydrazine groups is 1. The molecular weight excluding hydrogens is 164 g/mol. The van der Waals surface area contributed by atoms with Crippen molar-refractivity contribution in [1.29, 1.82) is 0 Å². The van der Waals surface area contributed by atoms with Crippen LogP contribution in [0.5, 0.6) is 0 Å². The number of para-hydroxylation sites is 1. The van der Waals surface area contributed by atoms with Crippen LogP contribution in [0, 0.1) is 0 Å². The van der Waals surface area contributed by atoms with Gasteiger partial charge in [-0.25, -0.2) is 5.01 Å². The Kier molecular flexibility index (Phi) is 2.00. The van der Waals surface area contributed by atoms with E-state index in [1.807, 2.05) is 36.4 Å². The highest BCUT2D eigenvalue weighted by atomic mass is 16.2. The van der Waals surface area contributed by atoms with E-state index < -0.39 is 0 Å². The summed E-state index contributed by atoms with van der Waals surface area (Å²) >= 11 is 0. The van der Waals surface area contributed by atoms with Crippen molar-refractivity contribution in [2.75, 3.05) is 5.43 Å². The number of nitrogens with zero attached hydrogens (tertiary/aromatic N) is 1.